The fraction of sp³-hybridized carbons (Fsp3) is 0.167. The average molecular weight is 285 g/mol. The highest BCUT2D eigenvalue weighted by molar-refractivity contribution is 5.94. The molecule has 2 N–H and O–H groups in total. The van der Waals surface area contributed by atoms with Crippen LogP contribution in [0, 0.1) is 0 Å². The van der Waals surface area contributed by atoms with Crippen LogP contribution in [0.1, 0.15) is 10.4 Å². The summed E-state index contributed by atoms with van der Waals surface area (Å²) in [5.74, 6) is -1.35. The third-order valence-electron chi connectivity index (χ3n) is 2.46. The molecule has 0 bridgehead atoms. The van der Waals surface area contributed by atoms with Crippen molar-refractivity contribution in [2.24, 2.45) is 12.8 Å². The van der Waals surface area contributed by atoms with Gasteiger partial charge in [-0.05, 0) is 23.8 Å². The van der Waals surface area contributed by atoms with E-state index < -0.39 is 18.0 Å². The minimum Gasteiger partial charge on any atom is -0.406 e. The Morgan fingerprint density at radius 1 is 1.30 bits per heavy atom. The predicted octanol–water partition coefficient (Wildman–Crippen LogP) is 2.08. The molecule has 1 heterocycles. The molecule has 106 valence electrons. The highest BCUT2D eigenvalue weighted by Crippen LogP contribution is 2.29. The summed E-state index contributed by atoms with van der Waals surface area (Å²) in [6.07, 6.45) is -1.79. The molecular formula is C12H10F3N3O2. The van der Waals surface area contributed by atoms with Crippen LogP contribution in [0.3, 0.4) is 0 Å². The fourth-order valence-electron chi connectivity index (χ4n) is 1.67. The van der Waals surface area contributed by atoms with Crippen molar-refractivity contribution < 1.29 is 22.7 Å². The molecule has 0 unspecified atom stereocenters. The van der Waals surface area contributed by atoms with Gasteiger partial charge in [0.05, 0.1) is 6.20 Å². The third kappa shape index (κ3) is 3.28. The second kappa shape index (κ2) is 4.87. The van der Waals surface area contributed by atoms with Gasteiger partial charge in [0.15, 0.2) is 0 Å². The SMILES string of the molecule is Cn1cc(-c2cc(OC(F)(F)F)cc(C(N)=O)c2)cn1. The normalized spacial score (nSPS) is 11.4. The zero-order valence-corrected chi connectivity index (χ0v) is 10.3. The van der Waals surface area contributed by atoms with Crippen molar-refractivity contribution >= 4 is 5.91 Å². The van der Waals surface area contributed by atoms with Crippen LogP contribution < -0.4 is 10.5 Å². The monoisotopic (exact) mass is 285 g/mol. The number of rotatable bonds is 3. The first-order valence-electron chi connectivity index (χ1n) is 5.44. The Morgan fingerprint density at radius 3 is 2.50 bits per heavy atom. The lowest BCUT2D eigenvalue weighted by molar-refractivity contribution is -0.274. The molecule has 1 aromatic heterocycles. The number of benzene rings is 1. The van der Waals surface area contributed by atoms with Crippen LogP contribution in [0.25, 0.3) is 11.1 Å². The molecule has 0 saturated carbocycles. The topological polar surface area (TPSA) is 70.1 Å². The van der Waals surface area contributed by atoms with Gasteiger partial charge in [-0.1, -0.05) is 0 Å². The molecule has 0 radical (unpaired) electrons. The van der Waals surface area contributed by atoms with Crippen LogP contribution in [0.5, 0.6) is 5.75 Å². The van der Waals surface area contributed by atoms with E-state index >= 15 is 0 Å². The van der Waals surface area contributed by atoms with Crippen molar-refractivity contribution in [3.8, 4) is 16.9 Å². The molecule has 2 aromatic rings. The molecule has 0 atom stereocenters. The standard InChI is InChI=1S/C12H10F3N3O2/c1-18-6-9(5-17-18)7-2-8(11(16)19)4-10(3-7)20-12(13,14)15/h2-6H,1H3,(H2,16,19). The first kappa shape index (κ1) is 13.9. The molecule has 0 spiro atoms. The van der Waals surface area contributed by atoms with Gasteiger partial charge in [-0.2, -0.15) is 5.10 Å². The summed E-state index contributed by atoms with van der Waals surface area (Å²) in [4.78, 5) is 11.2. The van der Waals surface area contributed by atoms with Gasteiger partial charge in [0.25, 0.3) is 0 Å². The number of nitrogens with zero attached hydrogens (tertiary/aromatic N) is 2. The number of carbonyl (C=O) groups excluding carboxylic acids is 1. The molecule has 0 aliphatic rings. The fourth-order valence-corrected chi connectivity index (χ4v) is 1.67. The average Bonchev–Trinajstić information content (AvgIpc) is 2.73. The van der Waals surface area contributed by atoms with Crippen molar-refractivity contribution in [3.63, 3.8) is 0 Å². The van der Waals surface area contributed by atoms with E-state index in [2.05, 4.69) is 9.84 Å². The van der Waals surface area contributed by atoms with Crippen LogP contribution in [0.15, 0.2) is 30.6 Å². The molecule has 0 aliphatic carbocycles. The zero-order chi connectivity index (χ0) is 14.9. The Bertz CT molecular complexity index is 650. The number of aryl methyl sites for hydroxylation is 1. The summed E-state index contributed by atoms with van der Waals surface area (Å²) in [6, 6.07) is 3.48. The van der Waals surface area contributed by atoms with Gasteiger partial charge >= 0.3 is 6.36 Å². The Kier molecular flexibility index (Phi) is 3.39. The summed E-state index contributed by atoms with van der Waals surface area (Å²) < 4.78 is 42.1. The Balaban J connectivity index is 2.49. The van der Waals surface area contributed by atoms with Crippen molar-refractivity contribution in [1.82, 2.24) is 9.78 Å². The van der Waals surface area contributed by atoms with Crippen LogP contribution in [-0.2, 0) is 7.05 Å². The number of alkyl halides is 3. The van der Waals surface area contributed by atoms with E-state index in [9.17, 15) is 18.0 Å². The molecule has 0 aliphatic heterocycles. The van der Waals surface area contributed by atoms with E-state index in [1.54, 1.807) is 13.2 Å². The van der Waals surface area contributed by atoms with Crippen molar-refractivity contribution in [2.45, 2.75) is 6.36 Å². The molecule has 5 nitrogen and oxygen atoms in total. The molecular weight excluding hydrogens is 275 g/mol. The first-order valence-corrected chi connectivity index (χ1v) is 5.44. The van der Waals surface area contributed by atoms with Gasteiger partial charge < -0.3 is 10.5 Å². The summed E-state index contributed by atoms with van der Waals surface area (Å²) in [7, 11) is 1.66. The number of amides is 1. The third-order valence-corrected chi connectivity index (χ3v) is 2.46. The van der Waals surface area contributed by atoms with Crippen molar-refractivity contribution in [1.29, 1.82) is 0 Å². The number of carbonyl (C=O) groups is 1. The van der Waals surface area contributed by atoms with Crippen molar-refractivity contribution in [2.75, 3.05) is 0 Å². The predicted molar refractivity (Wildman–Crippen MR) is 63.8 cm³/mol. The number of primary amides is 1. The van der Waals surface area contributed by atoms with E-state index in [4.69, 9.17) is 5.73 Å². The maximum absolute atomic E-state index is 12.3. The number of hydrogen-bond acceptors (Lipinski definition) is 3. The van der Waals surface area contributed by atoms with Crippen LogP contribution in [-0.4, -0.2) is 22.1 Å². The summed E-state index contributed by atoms with van der Waals surface area (Å²) in [6.45, 7) is 0. The van der Waals surface area contributed by atoms with Crippen molar-refractivity contribution in [3.05, 3.63) is 36.2 Å². The number of aromatic nitrogens is 2. The quantitative estimate of drug-likeness (QED) is 0.938. The highest BCUT2D eigenvalue weighted by atomic mass is 19.4. The highest BCUT2D eigenvalue weighted by Gasteiger charge is 2.31. The number of nitrogens with two attached hydrogens (primary N) is 1. The Morgan fingerprint density at radius 2 is 2.00 bits per heavy atom. The van der Waals surface area contributed by atoms with E-state index in [1.807, 2.05) is 0 Å². The van der Waals surface area contributed by atoms with Gasteiger partial charge in [-0.15, -0.1) is 13.2 Å². The maximum Gasteiger partial charge on any atom is 0.573 e. The molecule has 20 heavy (non-hydrogen) atoms. The lowest BCUT2D eigenvalue weighted by Crippen LogP contribution is -2.18. The Labute approximate surface area is 111 Å². The summed E-state index contributed by atoms with van der Waals surface area (Å²) in [5, 5.41) is 3.91. The first-order chi connectivity index (χ1) is 9.24. The maximum atomic E-state index is 12.3. The molecule has 1 amide bonds. The van der Waals surface area contributed by atoms with E-state index in [-0.39, 0.29) is 5.56 Å². The van der Waals surface area contributed by atoms with Crippen LogP contribution in [0.4, 0.5) is 13.2 Å². The second-order valence-corrected chi connectivity index (χ2v) is 4.06. The molecule has 1 aromatic carbocycles. The van der Waals surface area contributed by atoms with Gasteiger partial charge in [-0.25, -0.2) is 0 Å². The minimum absolute atomic E-state index is 0.0781. The smallest absolute Gasteiger partial charge is 0.406 e. The lowest BCUT2D eigenvalue weighted by atomic mass is 10.1. The van der Waals surface area contributed by atoms with Crippen LogP contribution in [0.2, 0.25) is 0 Å². The molecule has 0 saturated heterocycles. The van der Waals surface area contributed by atoms with E-state index in [1.165, 1.54) is 16.9 Å². The van der Waals surface area contributed by atoms with Gasteiger partial charge in [0.1, 0.15) is 5.75 Å². The van der Waals surface area contributed by atoms with Gasteiger partial charge in [-0.3, -0.25) is 9.48 Å². The number of hydrogen-bond donors (Lipinski definition) is 1. The van der Waals surface area contributed by atoms with Crippen LogP contribution >= 0.6 is 0 Å². The second-order valence-electron chi connectivity index (χ2n) is 4.06. The molecule has 2 rings (SSSR count). The molecule has 8 heteroatoms. The minimum atomic E-state index is -4.84. The van der Waals surface area contributed by atoms with E-state index in [0.717, 1.165) is 12.1 Å². The van der Waals surface area contributed by atoms with Gasteiger partial charge in [0, 0.05) is 24.4 Å². The largest absolute Gasteiger partial charge is 0.573 e. The lowest BCUT2D eigenvalue weighted by Gasteiger charge is -2.11. The van der Waals surface area contributed by atoms with Gasteiger partial charge in [0.2, 0.25) is 5.91 Å². The zero-order valence-electron chi connectivity index (χ0n) is 10.3. The van der Waals surface area contributed by atoms with E-state index in [0.29, 0.717) is 11.1 Å². The number of halogens is 3. The number of ether oxygens (including phenoxy) is 1. The molecule has 0 fully saturated rings. The summed E-state index contributed by atoms with van der Waals surface area (Å²) >= 11 is 0. The Hall–Kier alpha value is -2.51. The summed E-state index contributed by atoms with van der Waals surface area (Å²) in [5.41, 5.74) is 5.92.